The van der Waals surface area contributed by atoms with Crippen LogP contribution in [-0.4, -0.2) is 99.0 Å². The van der Waals surface area contributed by atoms with Crippen LogP contribution in [0.1, 0.15) is 13.3 Å². The highest BCUT2D eigenvalue weighted by Gasteiger charge is 2.41. The normalized spacial score (nSPS) is 18.4. The molecule has 12 heteroatoms. The number of hydrogen-bond acceptors (Lipinski definition) is 3. The first-order valence-corrected chi connectivity index (χ1v) is 8.45. The first kappa shape index (κ1) is 26.5. The van der Waals surface area contributed by atoms with Crippen molar-refractivity contribution in [2.45, 2.75) is 31.7 Å². The van der Waals surface area contributed by atoms with Crippen molar-refractivity contribution < 1.29 is 26.3 Å². The minimum absolute atomic E-state index is 0. The Labute approximate surface area is 173 Å². The summed E-state index contributed by atoms with van der Waals surface area (Å²) in [5.41, 5.74) is 0. The highest BCUT2D eigenvalue weighted by molar-refractivity contribution is 14.0. The van der Waals surface area contributed by atoms with Gasteiger partial charge in [-0.25, -0.2) is 0 Å². The van der Waals surface area contributed by atoms with E-state index in [-0.39, 0.29) is 43.6 Å². The zero-order chi connectivity index (χ0) is 20.0. The lowest BCUT2D eigenvalue weighted by Gasteiger charge is -2.39. The van der Waals surface area contributed by atoms with Crippen LogP contribution in [0.15, 0.2) is 4.99 Å². The molecule has 1 rings (SSSR count). The molecule has 27 heavy (non-hydrogen) atoms. The van der Waals surface area contributed by atoms with E-state index in [0.29, 0.717) is 32.0 Å². The van der Waals surface area contributed by atoms with Crippen LogP contribution < -0.4 is 5.32 Å². The Bertz CT molecular complexity index is 449. The van der Waals surface area contributed by atoms with Gasteiger partial charge in [-0.2, -0.15) is 26.3 Å². The minimum atomic E-state index is -4.25. The molecule has 0 bridgehead atoms. The van der Waals surface area contributed by atoms with Gasteiger partial charge < -0.3 is 10.2 Å². The molecule has 0 amide bonds. The highest BCUT2D eigenvalue weighted by Crippen LogP contribution is 2.25. The van der Waals surface area contributed by atoms with Crippen LogP contribution in [0, 0.1) is 0 Å². The summed E-state index contributed by atoms with van der Waals surface area (Å²) in [6.07, 6.45) is -7.97. The predicted octanol–water partition coefficient (Wildman–Crippen LogP) is 2.63. The lowest BCUT2D eigenvalue weighted by Crippen LogP contribution is -2.56. The molecule has 162 valence electrons. The van der Waals surface area contributed by atoms with Crippen molar-refractivity contribution in [2.24, 2.45) is 4.99 Å². The van der Waals surface area contributed by atoms with E-state index in [4.69, 9.17) is 0 Å². The van der Waals surface area contributed by atoms with E-state index in [1.54, 1.807) is 7.05 Å². The summed E-state index contributed by atoms with van der Waals surface area (Å²) in [4.78, 5) is 8.54. The zero-order valence-electron chi connectivity index (χ0n) is 15.7. The second-order valence-electron chi connectivity index (χ2n) is 6.42. The number of rotatable bonds is 6. The van der Waals surface area contributed by atoms with Crippen LogP contribution in [0.3, 0.4) is 0 Å². The van der Waals surface area contributed by atoms with E-state index in [9.17, 15) is 26.3 Å². The smallest absolute Gasteiger partial charge is 0.356 e. The Balaban J connectivity index is 0.00000676. The quantitative estimate of drug-likeness (QED) is 0.193. The fraction of sp³-hybridized carbons (Fsp3) is 0.933. The van der Waals surface area contributed by atoms with E-state index in [1.807, 2.05) is 4.90 Å². The molecule has 0 spiro atoms. The summed E-state index contributed by atoms with van der Waals surface area (Å²) >= 11 is 0. The third-order valence-corrected chi connectivity index (χ3v) is 4.30. The lowest BCUT2D eigenvalue weighted by atomic mass is 10.2. The average Bonchev–Trinajstić information content (AvgIpc) is 2.52. The van der Waals surface area contributed by atoms with Crippen molar-refractivity contribution in [3.05, 3.63) is 0 Å². The lowest BCUT2D eigenvalue weighted by molar-refractivity contribution is -0.181. The number of halogens is 7. The average molecular weight is 519 g/mol. The molecule has 0 aromatic carbocycles. The number of hydrogen-bond donors (Lipinski definition) is 1. The second-order valence-corrected chi connectivity index (χ2v) is 6.42. The van der Waals surface area contributed by atoms with E-state index >= 15 is 0 Å². The van der Waals surface area contributed by atoms with Gasteiger partial charge in [0.15, 0.2) is 5.96 Å². The van der Waals surface area contributed by atoms with Gasteiger partial charge in [0.1, 0.15) is 6.04 Å². The molecule has 1 N–H and O–H groups in total. The van der Waals surface area contributed by atoms with E-state index < -0.39 is 24.9 Å². The van der Waals surface area contributed by atoms with Gasteiger partial charge in [0.2, 0.25) is 0 Å². The van der Waals surface area contributed by atoms with E-state index in [2.05, 4.69) is 10.3 Å². The molecule has 1 atom stereocenters. The van der Waals surface area contributed by atoms with Crippen molar-refractivity contribution >= 4 is 29.9 Å². The van der Waals surface area contributed by atoms with Crippen LogP contribution in [0.4, 0.5) is 26.3 Å². The number of nitrogens with one attached hydrogen (secondary N) is 1. The molecule has 0 aromatic rings. The summed E-state index contributed by atoms with van der Waals surface area (Å²) in [5, 5.41) is 3.06. The van der Waals surface area contributed by atoms with Crippen molar-refractivity contribution in [1.82, 2.24) is 20.0 Å². The molecule has 5 nitrogen and oxygen atoms in total. The Kier molecular flexibility index (Phi) is 11.3. The van der Waals surface area contributed by atoms with Gasteiger partial charge in [0, 0.05) is 39.8 Å². The van der Waals surface area contributed by atoms with Gasteiger partial charge in [-0.3, -0.25) is 14.8 Å². The first-order valence-electron chi connectivity index (χ1n) is 8.45. The number of nitrogens with zero attached hydrogens (tertiary/aromatic N) is 4. The Morgan fingerprint density at radius 3 is 2.11 bits per heavy atom. The monoisotopic (exact) mass is 519 g/mol. The maximum absolute atomic E-state index is 12.8. The molecule has 1 unspecified atom stereocenters. The molecule has 1 heterocycles. The van der Waals surface area contributed by atoms with Gasteiger partial charge in [-0.15, -0.1) is 24.0 Å². The summed E-state index contributed by atoms with van der Waals surface area (Å²) in [5.74, 6) is 0.558. The maximum atomic E-state index is 12.8. The first-order chi connectivity index (χ1) is 11.9. The molecular formula is C15H28F6IN5. The third kappa shape index (κ3) is 10.0. The molecule has 0 saturated carbocycles. The Morgan fingerprint density at radius 1 is 1.11 bits per heavy atom. The highest BCUT2D eigenvalue weighted by atomic mass is 127. The largest absolute Gasteiger partial charge is 0.403 e. The molecule has 0 aliphatic carbocycles. The van der Waals surface area contributed by atoms with Crippen LogP contribution in [0.25, 0.3) is 0 Å². The standard InChI is InChI=1S/C15H27F6N5.HI/c1-12(15(19,20)21)25-7-9-26(10-8-25)13(22-2)23-5-4-6-24(3)11-14(16,17)18;/h12H,4-11H2,1-3H3,(H,22,23);1H. The second kappa shape index (κ2) is 11.5. The summed E-state index contributed by atoms with van der Waals surface area (Å²) < 4.78 is 75.0. The van der Waals surface area contributed by atoms with Crippen LogP contribution in [0.2, 0.25) is 0 Å². The Hall–Kier alpha value is -0.500. The van der Waals surface area contributed by atoms with Gasteiger partial charge in [-0.05, 0) is 26.9 Å². The topological polar surface area (TPSA) is 34.1 Å². The van der Waals surface area contributed by atoms with Crippen molar-refractivity contribution in [1.29, 1.82) is 0 Å². The minimum Gasteiger partial charge on any atom is -0.356 e. The molecule has 0 radical (unpaired) electrons. The number of aliphatic imine (C=N–C) groups is 1. The number of guanidine groups is 1. The molecule has 1 saturated heterocycles. The molecule has 0 aromatic heterocycles. The number of alkyl halides is 6. The Morgan fingerprint density at radius 2 is 1.67 bits per heavy atom. The van der Waals surface area contributed by atoms with Crippen LogP contribution >= 0.6 is 24.0 Å². The van der Waals surface area contributed by atoms with Crippen molar-refractivity contribution in [3.63, 3.8) is 0 Å². The number of piperazine rings is 1. The van der Waals surface area contributed by atoms with Gasteiger partial charge in [0.05, 0.1) is 6.54 Å². The molecule has 1 fully saturated rings. The van der Waals surface area contributed by atoms with Gasteiger partial charge in [-0.1, -0.05) is 0 Å². The SMILES string of the molecule is CN=C(NCCCN(C)CC(F)(F)F)N1CCN(C(C)C(F)(F)F)CC1.I. The van der Waals surface area contributed by atoms with E-state index in [0.717, 1.165) is 6.92 Å². The fourth-order valence-corrected chi connectivity index (χ4v) is 2.79. The van der Waals surface area contributed by atoms with E-state index in [1.165, 1.54) is 16.8 Å². The summed E-state index contributed by atoms with van der Waals surface area (Å²) in [6.45, 7) is 2.28. The van der Waals surface area contributed by atoms with Gasteiger partial charge in [0.25, 0.3) is 0 Å². The van der Waals surface area contributed by atoms with Gasteiger partial charge >= 0.3 is 12.4 Å². The zero-order valence-corrected chi connectivity index (χ0v) is 18.0. The molecular weight excluding hydrogens is 491 g/mol. The van der Waals surface area contributed by atoms with Crippen LogP contribution in [-0.2, 0) is 0 Å². The van der Waals surface area contributed by atoms with Crippen LogP contribution in [0.5, 0.6) is 0 Å². The van der Waals surface area contributed by atoms with Crippen molar-refractivity contribution in [2.75, 3.05) is 59.9 Å². The summed E-state index contributed by atoms with van der Waals surface area (Å²) in [6, 6.07) is -1.48. The third-order valence-electron chi connectivity index (χ3n) is 4.30. The fourth-order valence-electron chi connectivity index (χ4n) is 2.79. The summed E-state index contributed by atoms with van der Waals surface area (Å²) in [7, 11) is 2.98. The molecule has 1 aliphatic heterocycles. The predicted molar refractivity (Wildman–Crippen MR) is 104 cm³/mol. The molecule has 1 aliphatic rings. The van der Waals surface area contributed by atoms with Crippen molar-refractivity contribution in [3.8, 4) is 0 Å². The maximum Gasteiger partial charge on any atom is 0.403 e.